The average molecular weight is 492 g/mol. The molecule has 0 saturated heterocycles. The molecule has 7 heteroatoms. The van der Waals surface area contributed by atoms with Crippen LogP contribution in [0.5, 0.6) is 0 Å². The van der Waals surface area contributed by atoms with Gasteiger partial charge in [-0.2, -0.15) is 0 Å². The number of aryl methyl sites for hydroxylation is 3. The quantitative estimate of drug-likeness (QED) is 0.125. The van der Waals surface area contributed by atoms with Gasteiger partial charge in [-0.1, -0.05) is 30.1 Å². The zero-order valence-corrected chi connectivity index (χ0v) is 19.4. The van der Waals surface area contributed by atoms with Crippen LogP contribution in [0.3, 0.4) is 0 Å². The Balaban J connectivity index is 1.47. The van der Waals surface area contributed by atoms with E-state index in [2.05, 4.69) is 27.9 Å². The van der Waals surface area contributed by atoms with Gasteiger partial charge in [-0.15, -0.1) is 0 Å². The number of hydrogen-bond acceptors (Lipinski definition) is 2. The molecule has 3 aromatic carbocycles. The fourth-order valence-corrected chi connectivity index (χ4v) is 3.72. The van der Waals surface area contributed by atoms with Gasteiger partial charge in [-0.25, -0.2) is 31.9 Å². The van der Waals surface area contributed by atoms with Crippen molar-refractivity contribution in [1.29, 1.82) is 0 Å². The molecule has 0 N–H and O–H groups in total. The molecule has 0 radical (unpaired) electrons. The highest BCUT2D eigenvalue weighted by molar-refractivity contribution is 5.84. The minimum atomic E-state index is -1.56. The normalized spacial score (nSPS) is 11.2. The Morgan fingerprint density at radius 1 is 0.750 bits per heavy atom. The first-order chi connectivity index (χ1) is 17.4. The van der Waals surface area contributed by atoms with Crippen LogP contribution in [-0.4, -0.2) is 9.97 Å². The number of nitrogens with zero attached hydrogens (tertiary/aromatic N) is 2. The van der Waals surface area contributed by atoms with Crippen LogP contribution in [0.4, 0.5) is 22.0 Å². The van der Waals surface area contributed by atoms with Crippen LogP contribution in [0, 0.1) is 40.9 Å². The Labute approximate surface area is 205 Å². The molecule has 0 fully saturated rings. The number of fused-ring (bicyclic) bond motifs is 1. The third-order valence-electron chi connectivity index (χ3n) is 5.64. The fraction of sp³-hybridized carbons (Fsp3) is 0.172. The SMILES string of the molecule is C/C=C/CCc1cnc(CCc2cc(F)c(C#Cc3ccc4c(F)c(F)c(F)cc4c3)c(F)c2)nc1. The minimum absolute atomic E-state index is 0.0857. The van der Waals surface area contributed by atoms with Crippen molar-refractivity contribution in [2.45, 2.75) is 32.6 Å². The van der Waals surface area contributed by atoms with Crippen LogP contribution in [0.25, 0.3) is 10.8 Å². The van der Waals surface area contributed by atoms with Crippen LogP contribution >= 0.6 is 0 Å². The highest BCUT2D eigenvalue weighted by Crippen LogP contribution is 2.24. The Hall–Kier alpha value is -4.05. The van der Waals surface area contributed by atoms with Crippen molar-refractivity contribution < 1.29 is 22.0 Å². The predicted molar refractivity (Wildman–Crippen MR) is 129 cm³/mol. The van der Waals surface area contributed by atoms with Crippen molar-refractivity contribution in [1.82, 2.24) is 9.97 Å². The van der Waals surface area contributed by atoms with Crippen LogP contribution in [0.15, 0.2) is 60.9 Å². The van der Waals surface area contributed by atoms with Crippen molar-refractivity contribution in [2.75, 3.05) is 0 Å². The summed E-state index contributed by atoms with van der Waals surface area (Å²) < 4.78 is 70.0. The van der Waals surface area contributed by atoms with E-state index in [0.717, 1.165) is 24.5 Å². The van der Waals surface area contributed by atoms with Gasteiger partial charge in [0, 0.05) is 29.8 Å². The van der Waals surface area contributed by atoms with Gasteiger partial charge in [0.05, 0.1) is 5.56 Å². The lowest BCUT2D eigenvalue weighted by Crippen LogP contribution is -2.01. The second-order valence-corrected chi connectivity index (χ2v) is 8.22. The van der Waals surface area contributed by atoms with Crippen LogP contribution in [0.2, 0.25) is 0 Å². The summed E-state index contributed by atoms with van der Waals surface area (Å²) in [5.41, 5.74) is 1.31. The van der Waals surface area contributed by atoms with Crippen LogP contribution in [0.1, 0.15) is 41.4 Å². The fourth-order valence-electron chi connectivity index (χ4n) is 3.72. The second kappa shape index (κ2) is 11.1. The molecular weight excluding hydrogens is 471 g/mol. The maximum Gasteiger partial charge on any atom is 0.195 e. The first-order valence-corrected chi connectivity index (χ1v) is 11.3. The number of aromatic nitrogens is 2. The zero-order valence-electron chi connectivity index (χ0n) is 19.4. The van der Waals surface area contributed by atoms with Gasteiger partial charge in [-0.05, 0) is 73.0 Å². The predicted octanol–water partition coefficient (Wildman–Crippen LogP) is 7.02. The third kappa shape index (κ3) is 5.77. The van der Waals surface area contributed by atoms with Gasteiger partial charge < -0.3 is 0 Å². The first-order valence-electron chi connectivity index (χ1n) is 11.3. The Bertz CT molecular complexity index is 1480. The van der Waals surface area contributed by atoms with Crippen LogP contribution < -0.4 is 0 Å². The lowest BCUT2D eigenvalue weighted by Gasteiger charge is -2.05. The molecule has 182 valence electrons. The molecule has 1 aromatic heterocycles. The van der Waals surface area contributed by atoms with E-state index < -0.39 is 34.6 Å². The van der Waals surface area contributed by atoms with E-state index >= 15 is 0 Å². The van der Waals surface area contributed by atoms with E-state index in [4.69, 9.17) is 0 Å². The van der Waals surface area contributed by atoms with Gasteiger partial charge in [0.1, 0.15) is 17.5 Å². The lowest BCUT2D eigenvalue weighted by atomic mass is 10.0. The summed E-state index contributed by atoms with van der Waals surface area (Å²) in [6.07, 6.45) is 10.1. The van der Waals surface area contributed by atoms with E-state index in [-0.39, 0.29) is 16.3 Å². The highest BCUT2D eigenvalue weighted by Gasteiger charge is 2.14. The Morgan fingerprint density at radius 3 is 2.17 bits per heavy atom. The summed E-state index contributed by atoms with van der Waals surface area (Å²) in [7, 11) is 0. The van der Waals surface area contributed by atoms with E-state index in [1.54, 1.807) is 12.4 Å². The summed E-state index contributed by atoms with van der Waals surface area (Å²) in [5.74, 6) is -0.219. The summed E-state index contributed by atoms with van der Waals surface area (Å²) in [6.45, 7) is 1.96. The lowest BCUT2D eigenvalue weighted by molar-refractivity contribution is 0.453. The molecular formula is C29H21F5N2. The maximum absolute atomic E-state index is 14.6. The van der Waals surface area contributed by atoms with Crippen molar-refractivity contribution >= 4 is 10.8 Å². The molecule has 4 aromatic rings. The summed E-state index contributed by atoms with van der Waals surface area (Å²) in [5, 5.41) is -0.0315. The molecule has 0 saturated carbocycles. The summed E-state index contributed by atoms with van der Waals surface area (Å²) in [4.78, 5) is 8.64. The Kier molecular flexibility index (Phi) is 7.74. The number of hydrogen-bond donors (Lipinski definition) is 0. The van der Waals surface area contributed by atoms with E-state index in [1.807, 2.05) is 13.0 Å². The van der Waals surface area contributed by atoms with Crippen molar-refractivity contribution in [3.63, 3.8) is 0 Å². The van der Waals surface area contributed by atoms with Gasteiger partial charge >= 0.3 is 0 Å². The number of benzene rings is 3. The van der Waals surface area contributed by atoms with E-state index in [9.17, 15) is 22.0 Å². The molecule has 1 heterocycles. The van der Waals surface area contributed by atoms with Gasteiger partial charge in [0.25, 0.3) is 0 Å². The second-order valence-electron chi connectivity index (χ2n) is 8.22. The molecule has 0 unspecified atom stereocenters. The maximum atomic E-state index is 14.6. The molecule has 0 spiro atoms. The molecule has 0 aliphatic rings. The van der Waals surface area contributed by atoms with Gasteiger partial charge in [0.15, 0.2) is 17.5 Å². The summed E-state index contributed by atoms with van der Waals surface area (Å²) >= 11 is 0. The third-order valence-corrected chi connectivity index (χ3v) is 5.64. The molecule has 0 aliphatic heterocycles. The topological polar surface area (TPSA) is 25.8 Å². The van der Waals surface area contributed by atoms with Crippen molar-refractivity contribution in [3.05, 3.63) is 118 Å². The highest BCUT2D eigenvalue weighted by atomic mass is 19.2. The zero-order chi connectivity index (χ0) is 25.7. The summed E-state index contributed by atoms with van der Waals surface area (Å²) in [6, 6.07) is 7.20. The molecule has 0 aliphatic carbocycles. The van der Waals surface area contributed by atoms with Gasteiger partial charge in [-0.3, -0.25) is 0 Å². The number of allylic oxidation sites excluding steroid dienone is 2. The molecule has 0 atom stereocenters. The number of halogens is 5. The molecule has 36 heavy (non-hydrogen) atoms. The molecule has 2 nitrogen and oxygen atoms in total. The van der Waals surface area contributed by atoms with Crippen molar-refractivity contribution in [2.24, 2.45) is 0 Å². The Morgan fingerprint density at radius 2 is 1.47 bits per heavy atom. The molecule has 0 amide bonds. The average Bonchev–Trinajstić information content (AvgIpc) is 2.86. The van der Waals surface area contributed by atoms with E-state index in [0.29, 0.717) is 24.2 Å². The standard InChI is InChI=1S/C29H21F5N2/c1-2-3-4-5-20-16-35-27(36-17-20)11-8-19-13-24(30)23(25(31)14-19)10-7-18-6-9-22-21(12-18)15-26(32)29(34)28(22)33/h2-3,6,9,12-17H,4-5,8,11H2,1H3/b3-2+. The monoisotopic (exact) mass is 492 g/mol. The van der Waals surface area contributed by atoms with Gasteiger partial charge in [0.2, 0.25) is 0 Å². The van der Waals surface area contributed by atoms with Crippen LogP contribution in [-0.2, 0) is 19.3 Å². The smallest absolute Gasteiger partial charge is 0.195 e. The first kappa shape index (κ1) is 25.1. The van der Waals surface area contributed by atoms with Crippen molar-refractivity contribution in [3.8, 4) is 11.8 Å². The van der Waals surface area contributed by atoms with E-state index in [1.165, 1.54) is 30.3 Å². The molecule has 0 bridgehead atoms. The molecule has 4 rings (SSSR count). The minimum Gasteiger partial charge on any atom is -0.241 e. The largest absolute Gasteiger partial charge is 0.241 e. The number of rotatable bonds is 6.